The number of aryl methyl sites for hydroxylation is 1. The summed E-state index contributed by atoms with van der Waals surface area (Å²) >= 11 is 6.26. The first-order chi connectivity index (χ1) is 15.5. The number of ether oxygens (including phenoxy) is 2. The molecule has 32 heavy (non-hydrogen) atoms. The Morgan fingerprint density at radius 3 is 2.69 bits per heavy atom. The average Bonchev–Trinajstić information content (AvgIpc) is 3.17. The highest BCUT2D eigenvalue weighted by atomic mass is 35.5. The van der Waals surface area contributed by atoms with Gasteiger partial charge >= 0.3 is 5.97 Å². The third-order valence-corrected chi connectivity index (χ3v) is 5.12. The molecule has 0 radical (unpaired) electrons. The normalized spacial score (nSPS) is 12.0. The van der Waals surface area contributed by atoms with Crippen LogP contribution >= 0.6 is 11.6 Å². The predicted octanol–water partition coefficient (Wildman–Crippen LogP) is 6.14. The molecule has 4 rings (SSSR count). The van der Waals surface area contributed by atoms with Crippen LogP contribution in [0.5, 0.6) is 17.4 Å². The molecule has 0 bridgehead atoms. The summed E-state index contributed by atoms with van der Waals surface area (Å²) < 4.78 is 17.0. The lowest BCUT2D eigenvalue weighted by Gasteiger charge is -2.12. The Labute approximate surface area is 189 Å². The highest BCUT2D eigenvalue weighted by Crippen LogP contribution is 2.38. The fourth-order valence-electron chi connectivity index (χ4n) is 3.25. The number of pyridine rings is 1. The van der Waals surface area contributed by atoms with E-state index in [1.807, 2.05) is 36.4 Å². The van der Waals surface area contributed by atoms with E-state index < -0.39 is 12.1 Å². The second-order valence-electron chi connectivity index (χ2n) is 7.22. The average molecular weight is 453 g/mol. The number of carboxylic acids is 1. The van der Waals surface area contributed by atoms with Crippen LogP contribution in [0.4, 0.5) is 0 Å². The van der Waals surface area contributed by atoms with E-state index in [-0.39, 0.29) is 10.8 Å². The van der Waals surface area contributed by atoms with Crippen molar-refractivity contribution in [2.75, 3.05) is 0 Å². The zero-order chi connectivity index (χ0) is 22.7. The SMILES string of the molecule is CCCc1nc(Oc2ccccc2)ccc1-c1onc2cc(Cl)c(O[C@@H](C)C(=O)O)cc12. The van der Waals surface area contributed by atoms with Gasteiger partial charge in [-0.1, -0.05) is 48.3 Å². The van der Waals surface area contributed by atoms with Crippen LogP contribution in [0.3, 0.4) is 0 Å². The van der Waals surface area contributed by atoms with Crippen molar-refractivity contribution in [3.8, 4) is 28.7 Å². The van der Waals surface area contributed by atoms with Crippen molar-refractivity contribution >= 4 is 28.5 Å². The molecule has 0 unspecified atom stereocenters. The van der Waals surface area contributed by atoms with Gasteiger partial charge in [0, 0.05) is 11.6 Å². The molecule has 8 heteroatoms. The number of hydrogen-bond donors (Lipinski definition) is 1. The van der Waals surface area contributed by atoms with Crippen LogP contribution in [0, 0.1) is 0 Å². The van der Waals surface area contributed by atoms with Crippen molar-refractivity contribution in [2.24, 2.45) is 0 Å². The molecule has 0 aliphatic heterocycles. The quantitative estimate of drug-likeness (QED) is 0.343. The van der Waals surface area contributed by atoms with Gasteiger partial charge in [0.2, 0.25) is 5.88 Å². The smallest absolute Gasteiger partial charge is 0.344 e. The third kappa shape index (κ3) is 4.53. The van der Waals surface area contributed by atoms with E-state index in [4.69, 9.17) is 30.7 Å². The lowest BCUT2D eigenvalue weighted by Crippen LogP contribution is -2.22. The van der Waals surface area contributed by atoms with Gasteiger partial charge in [-0.3, -0.25) is 0 Å². The van der Waals surface area contributed by atoms with Crippen LogP contribution in [0.25, 0.3) is 22.2 Å². The van der Waals surface area contributed by atoms with Crippen molar-refractivity contribution < 1.29 is 23.9 Å². The summed E-state index contributed by atoms with van der Waals surface area (Å²) in [4.78, 5) is 15.9. The van der Waals surface area contributed by atoms with E-state index in [0.717, 1.165) is 17.7 Å². The molecule has 164 valence electrons. The number of aromatic nitrogens is 2. The first-order valence-electron chi connectivity index (χ1n) is 10.2. The maximum absolute atomic E-state index is 11.2. The molecule has 0 aliphatic rings. The summed E-state index contributed by atoms with van der Waals surface area (Å²) in [7, 11) is 0. The number of para-hydroxylation sites is 1. The number of fused-ring (bicyclic) bond motifs is 1. The van der Waals surface area contributed by atoms with Gasteiger partial charge in [-0.15, -0.1) is 0 Å². The van der Waals surface area contributed by atoms with Crippen LogP contribution in [0.2, 0.25) is 5.02 Å². The number of benzene rings is 2. The zero-order valence-corrected chi connectivity index (χ0v) is 18.3. The van der Waals surface area contributed by atoms with Crippen LogP contribution in [-0.4, -0.2) is 27.3 Å². The Kier molecular flexibility index (Phi) is 6.28. The van der Waals surface area contributed by atoms with Gasteiger partial charge < -0.3 is 19.1 Å². The standard InChI is InChI=1S/C24H21ClN2O5/c1-3-7-19-16(10-11-22(26-19)31-15-8-5-4-6-9-15)23-17-12-21(30-14(2)24(28)29)18(25)13-20(17)27-32-23/h4-6,8-14H,3,7H2,1-2H3,(H,28,29)/t14-/m0/s1. The number of carboxylic acid groups (broad SMARTS) is 1. The number of rotatable bonds is 8. The highest BCUT2D eigenvalue weighted by molar-refractivity contribution is 6.33. The van der Waals surface area contributed by atoms with Gasteiger partial charge in [0.05, 0.1) is 16.1 Å². The molecular formula is C24H21ClN2O5. The van der Waals surface area contributed by atoms with Gasteiger partial charge in [-0.25, -0.2) is 9.78 Å². The summed E-state index contributed by atoms with van der Waals surface area (Å²) in [5.74, 6) is 0.841. The Hall–Kier alpha value is -3.58. The number of hydrogen-bond acceptors (Lipinski definition) is 6. The predicted molar refractivity (Wildman–Crippen MR) is 120 cm³/mol. The summed E-state index contributed by atoms with van der Waals surface area (Å²) in [5.41, 5.74) is 2.11. The second-order valence-corrected chi connectivity index (χ2v) is 7.63. The maximum atomic E-state index is 11.2. The van der Waals surface area contributed by atoms with E-state index >= 15 is 0 Å². The van der Waals surface area contributed by atoms with Crippen LogP contribution in [-0.2, 0) is 11.2 Å². The molecule has 0 saturated carbocycles. The molecule has 1 atom stereocenters. The summed E-state index contributed by atoms with van der Waals surface area (Å²) in [6.45, 7) is 3.50. The highest BCUT2D eigenvalue weighted by Gasteiger charge is 2.21. The number of aliphatic carboxylic acids is 1. The Morgan fingerprint density at radius 1 is 1.19 bits per heavy atom. The molecule has 0 saturated heterocycles. The van der Waals surface area contributed by atoms with Crippen molar-refractivity contribution in [1.82, 2.24) is 10.1 Å². The fraction of sp³-hybridized carbons (Fsp3) is 0.208. The van der Waals surface area contributed by atoms with E-state index in [9.17, 15) is 4.79 Å². The Balaban J connectivity index is 1.74. The van der Waals surface area contributed by atoms with Gasteiger partial charge in [0.1, 0.15) is 17.0 Å². The largest absolute Gasteiger partial charge is 0.479 e. The zero-order valence-electron chi connectivity index (χ0n) is 17.5. The minimum atomic E-state index is -1.09. The Bertz CT molecular complexity index is 1260. The van der Waals surface area contributed by atoms with E-state index in [1.165, 1.54) is 6.92 Å². The molecule has 0 aliphatic carbocycles. The van der Waals surface area contributed by atoms with E-state index in [2.05, 4.69) is 17.1 Å². The molecular weight excluding hydrogens is 432 g/mol. The van der Waals surface area contributed by atoms with Gasteiger partial charge in [-0.05, 0) is 43.7 Å². The van der Waals surface area contributed by atoms with Crippen molar-refractivity contribution in [3.63, 3.8) is 0 Å². The monoisotopic (exact) mass is 452 g/mol. The molecule has 4 aromatic rings. The van der Waals surface area contributed by atoms with Crippen LogP contribution < -0.4 is 9.47 Å². The lowest BCUT2D eigenvalue weighted by molar-refractivity contribution is -0.144. The lowest BCUT2D eigenvalue weighted by atomic mass is 10.0. The van der Waals surface area contributed by atoms with Crippen LogP contribution in [0.1, 0.15) is 26.0 Å². The third-order valence-electron chi connectivity index (χ3n) is 4.83. The first kappa shape index (κ1) is 21.6. The van der Waals surface area contributed by atoms with Gasteiger partial charge in [0.25, 0.3) is 0 Å². The maximum Gasteiger partial charge on any atom is 0.344 e. The van der Waals surface area contributed by atoms with Crippen molar-refractivity contribution in [2.45, 2.75) is 32.8 Å². The van der Waals surface area contributed by atoms with E-state index in [0.29, 0.717) is 34.7 Å². The second kappa shape index (κ2) is 9.28. The minimum Gasteiger partial charge on any atom is -0.479 e. The van der Waals surface area contributed by atoms with Crippen molar-refractivity contribution in [3.05, 3.63) is 65.3 Å². The first-order valence-corrected chi connectivity index (χ1v) is 10.6. The van der Waals surface area contributed by atoms with Gasteiger partial charge in [0.15, 0.2) is 11.9 Å². The van der Waals surface area contributed by atoms with Crippen LogP contribution in [0.15, 0.2) is 59.1 Å². The Morgan fingerprint density at radius 2 is 1.97 bits per heavy atom. The molecule has 7 nitrogen and oxygen atoms in total. The van der Waals surface area contributed by atoms with Gasteiger partial charge in [-0.2, -0.15) is 0 Å². The van der Waals surface area contributed by atoms with Crippen molar-refractivity contribution in [1.29, 1.82) is 0 Å². The molecule has 0 amide bonds. The molecule has 0 fully saturated rings. The number of carbonyl (C=O) groups is 1. The molecule has 2 heterocycles. The number of nitrogens with zero attached hydrogens (tertiary/aromatic N) is 2. The summed E-state index contributed by atoms with van der Waals surface area (Å²) in [5, 5.41) is 14.2. The van der Waals surface area contributed by atoms with E-state index in [1.54, 1.807) is 18.2 Å². The fourth-order valence-corrected chi connectivity index (χ4v) is 3.45. The molecule has 2 aromatic heterocycles. The summed E-state index contributed by atoms with van der Waals surface area (Å²) in [6.07, 6.45) is 0.522. The molecule has 1 N–H and O–H groups in total. The summed E-state index contributed by atoms with van der Waals surface area (Å²) in [6, 6.07) is 16.3. The minimum absolute atomic E-state index is 0.243. The molecule has 0 spiro atoms. The topological polar surface area (TPSA) is 94.7 Å². The number of halogens is 1. The molecule has 2 aromatic carbocycles.